The number of hydrogen-bond acceptors (Lipinski definition) is 8. The lowest BCUT2D eigenvalue weighted by molar-refractivity contribution is -0.161. The molecule has 0 saturated heterocycles. The van der Waals surface area contributed by atoms with Crippen LogP contribution in [-0.4, -0.2) is 69.8 Å². The number of hydrogen-bond donors (Lipinski definition) is 3. The number of allylic oxidation sites excluding steroid dienone is 5. The van der Waals surface area contributed by atoms with E-state index >= 15 is 0 Å². The van der Waals surface area contributed by atoms with Gasteiger partial charge in [-0.25, -0.2) is 17.9 Å². The third-order valence-electron chi connectivity index (χ3n) is 8.70. The fourth-order valence-corrected chi connectivity index (χ4v) is 6.94. The van der Waals surface area contributed by atoms with Crippen LogP contribution in [0, 0.1) is 23.7 Å². The second-order valence-electron chi connectivity index (χ2n) is 13.0. The molecule has 8 atom stereocenters. The molecule has 0 aliphatic carbocycles. The van der Waals surface area contributed by atoms with E-state index in [1.165, 1.54) is 34.1 Å². The summed E-state index contributed by atoms with van der Waals surface area (Å²) >= 11 is 0. The van der Waals surface area contributed by atoms with Crippen molar-refractivity contribution in [3.63, 3.8) is 0 Å². The van der Waals surface area contributed by atoms with E-state index in [4.69, 9.17) is 14.2 Å². The van der Waals surface area contributed by atoms with Gasteiger partial charge in [-0.05, 0) is 56.4 Å². The fourth-order valence-electron chi connectivity index (χ4n) is 5.73. The van der Waals surface area contributed by atoms with Crippen LogP contribution >= 0.6 is 0 Å². The molecule has 0 aromatic heterocycles. The number of ether oxygens (including phenoxy) is 3. The first-order valence-corrected chi connectivity index (χ1v) is 17.6. The van der Waals surface area contributed by atoms with Gasteiger partial charge in [-0.15, -0.1) is 0 Å². The number of rotatable bonds is 9. The molecule has 1 aliphatic heterocycles. The molecule has 3 N–H and O–H groups in total. The summed E-state index contributed by atoms with van der Waals surface area (Å²) in [6.07, 6.45) is -6.02. The largest absolute Gasteiger partial charge is 0.490 e. The van der Waals surface area contributed by atoms with Crippen molar-refractivity contribution < 1.29 is 64.0 Å². The molecule has 0 bridgehead atoms. The monoisotopic (exact) mass is 755 g/mol. The van der Waals surface area contributed by atoms with Crippen LogP contribution in [0.25, 0.3) is 0 Å². The zero-order valence-corrected chi connectivity index (χ0v) is 30.5. The Morgan fingerprint density at radius 3 is 2.10 bits per heavy atom. The van der Waals surface area contributed by atoms with Crippen LogP contribution in [-0.2, 0) is 41.4 Å². The number of benzene rings is 1. The van der Waals surface area contributed by atoms with Crippen LogP contribution in [0.1, 0.15) is 59.1 Å². The smallest absolute Gasteiger partial charge is 0.416 e. The number of methoxy groups -OCH3 is 2. The Hall–Kier alpha value is -3.18. The van der Waals surface area contributed by atoms with Gasteiger partial charge >= 0.3 is 18.3 Å². The molecule has 0 fully saturated rings. The van der Waals surface area contributed by atoms with E-state index in [0.717, 1.165) is 5.57 Å². The molecule has 1 heterocycles. The van der Waals surface area contributed by atoms with Gasteiger partial charge in [0.05, 0.1) is 35.3 Å². The molecule has 16 heteroatoms. The summed E-state index contributed by atoms with van der Waals surface area (Å²) in [7, 11) is -2.34. The number of aliphatic hydroxyl groups is 2. The normalized spacial score (nSPS) is 28.9. The molecule has 9 nitrogen and oxygen atoms in total. The highest BCUT2D eigenvalue weighted by atomic mass is 32.2. The molecular weight excluding hydrogens is 708 g/mol. The van der Waals surface area contributed by atoms with Gasteiger partial charge in [-0.1, -0.05) is 63.1 Å². The Bertz CT molecular complexity index is 1550. The number of aliphatic hydroxyl groups excluding tert-OH is 2. The van der Waals surface area contributed by atoms with Crippen molar-refractivity contribution >= 4 is 16.0 Å². The van der Waals surface area contributed by atoms with E-state index < -0.39 is 87.2 Å². The lowest BCUT2D eigenvalue weighted by Gasteiger charge is -2.34. The number of sulfonamides is 1. The Labute approximate surface area is 295 Å². The molecule has 1 aromatic carbocycles. The van der Waals surface area contributed by atoms with Crippen LogP contribution in [0.3, 0.4) is 0 Å². The van der Waals surface area contributed by atoms with Gasteiger partial charge in [-0.2, -0.15) is 26.3 Å². The fraction of sp³-hybridized carbons (Fsp3) is 0.571. The number of carbonyl (C=O) groups is 1. The Morgan fingerprint density at radius 2 is 1.59 bits per heavy atom. The SMILES string of the molecule is CO/C1=C\C(C)=C\[C@@H](C)[C@@H](O)[C@H](C)C/C(C)=C/C=C/[C@H](OC)C([C@@H](C)[C@@H](O)[C@H](C)CNS(=O)(=O)c2cc(C(F)(F)F)cc(C(F)(F)F)c2)OC1=O. The van der Waals surface area contributed by atoms with E-state index in [9.17, 15) is 49.8 Å². The highest BCUT2D eigenvalue weighted by Crippen LogP contribution is 2.37. The van der Waals surface area contributed by atoms with Crippen LogP contribution in [0.4, 0.5) is 26.3 Å². The van der Waals surface area contributed by atoms with Gasteiger partial charge in [0.25, 0.3) is 0 Å². The predicted octanol–water partition coefficient (Wildman–Crippen LogP) is 6.58. The summed E-state index contributed by atoms with van der Waals surface area (Å²) in [6, 6.07) is -0.00649. The maximum absolute atomic E-state index is 13.4. The minimum atomic E-state index is -5.26. The number of carbonyl (C=O) groups excluding carboxylic acids is 1. The predicted molar refractivity (Wildman–Crippen MR) is 177 cm³/mol. The molecule has 0 radical (unpaired) electrons. The van der Waals surface area contributed by atoms with Gasteiger partial charge in [0, 0.05) is 25.5 Å². The Morgan fingerprint density at radius 1 is 1.02 bits per heavy atom. The molecule has 1 unspecified atom stereocenters. The van der Waals surface area contributed by atoms with E-state index in [2.05, 4.69) is 0 Å². The first-order valence-electron chi connectivity index (χ1n) is 16.1. The second kappa shape index (κ2) is 18.0. The standard InChI is InChI=1S/C35H47F6NO8S/c1-19-10-9-11-28(48-7)32(50-33(45)29(49-8)14-20(2)13-22(4)30(43)21(3)12-19)24(6)31(44)23(5)18-42-51(46,47)27-16-25(34(36,37)38)15-26(17-27)35(39,40)41/h9-11,13-17,21-24,28,30-32,42-44H,12,18H2,1-8H3/b11-9+,19-10+,20-13+,29-14-/t21-,22-,23-,24+,28+,30+,31+,32?/m1/s1. The van der Waals surface area contributed by atoms with Crippen LogP contribution in [0.5, 0.6) is 0 Å². The molecule has 51 heavy (non-hydrogen) atoms. The zero-order valence-electron chi connectivity index (χ0n) is 29.7. The van der Waals surface area contributed by atoms with E-state index in [0.29, 0.717) is 12.0 Å². The quantitative estimate of drug-likeness (QED) is 0.191. The maximum Gasteiger partial charge on any atom is 0.416 e. The number of esters is 1. The van der Waals surface area contributed by atoms with Crippen LogP contribution in [0.15, 0.2) is 70.4 Å². The lowest BCUT2D eigenvalue weighted by atomic mass is 9.86. The first kappa shape index (κ1) is 44.0. The third-order valence-corrected chi connectivity index (χ3v) is 10.1. The van der Waals surface area contributed by atoms with Gasteiger partial charge in [0.15, 0.2) is 0 Å². The highest BCUT2D eigenvalue weighted by Gasteiger charge is 2.40. The summed E-state index contributed by atoms with van der Waals surface area (Å²) in [5, 5.41) is 22.2. The molecule has 0 spiro atoms. The van der Waals surface area contributed by atoms with Crippen molar-refractivity contribution in [2.75, 3.05) is 20.8 Å². The van der Waals surface area contributed by atoms with Crippen molar-refractivity contribution in [1.82, 2.24) is 4.72 Å². The molecule has 288 valence electrons. The number of cyclic esters (lactones) is 1. The van der Waals surface area contributed by atoms with Crippen molar-refractivity contribution in [2.24, 2.45) is 23.7 Å². The average molecular weight is 756 g/mol. The molecule has 0 saturated carbocycles. The zero-order chi connectivity index (χ0) is 39.1. The second-order valence-corrected chi connectivity index (χ2v) is 14.8. The molecular formula is C35H47F6NO8S. The third kappa shape index (κ3) is 12.5. The van der Waals surface area contributed by atoms with E-state index in [1.807, 2.05) is 25.5 Å². The Balaban J connectivity index is 2.46. The topological polar surface area (TPSA) is 131 Å². The molecule has 2 rings (SSSR count). The van der Waals surface area contributed by atoms with Crippen molar-refractivity contribution in [1.29, 1.82) is 0 Å². The Kier molecular flexibility index (Phi) is 15.6. The van der Waals surface area contributed by atoms with Crippen LogP contribution in [0.2, 0.25) is 0 Å². The minimum absolute atomic E-state index is 0.0898. The van der Waals surface area contributed by atoms with Gasteiger partial charge in [0.1, 0.15) is 12.2 Å². The summed E-state index contributed by atoms with van der Waals surface area (Å²) in [5.74, 6) is -3.51. The summed E-state index contributed by atoms with van der Waals surface area (Å²) in [6.45, 7) is 9.63. The van der Waals surface area contributed by atoms with Crippen molar-refractivity contribution in [3.8, 4) is 0 Å². The summed E-state index contributed by atoms with van der Waals surface area (Å²) in [4.78, 5) is 12.1. The average Bonchev–Trinajstić information content (AvgIpc) is 3.04. The van der Waals surface area contributed by atoms with Gasteiger partial charge < -0.3 is 24.4 Å². The molecule has 1 aromatic rings. The maximum atomic E-state index is 13.4. The molecule has 1 aliphatic rings. The summed E-state index contributed by atoms with van der Waals surface area (Å²) in [5.41, 5.74) is -2.08. The van der Waals surface area contributed by atoms with Crippen LogP contribution < -0.4 is 4.72 Å². The number of halogens is 6. The van der Waals surface area contributed by atoms with E-state index in [-0.39, 0.29) is 35.8 Å². The highest BCUT2D eigenvalue weighted by molar-refractivity contribution is 7.89. The van der Waals surface area contributed by atoms with E-state index in [1.54, 1.807) is 31.2 Å². The summed E-state index contributed by atoms with van der Waals surface area (Å²) < 4.78 is 125. The number of nitrogens with one attached hydrogen (secondary N) is 1. The minimum Gasteiger partial charge on any atom is -0.490 e. The first-order chi connectivity index (χ1) is 23.4. The molecule has 0 amide bonds. The van der Waals surface area contributed by atoms with Gasteiger partial charge in [-0.3, -0.25) is 0 Å². The van der Waals surface area contributed by atoms with Gasteiger partial charge in [0.2, 0.25) is 15.8 Å². The lowest BCUT2D eigenvalue weighted by Crippen LogP contribution is -2.46. The van der Waals surface area contributed by atoms with Crippen molar-refractivity contribution in [3.05, 3.63) is 76.6 Å². The van der Waals surface area contributed by atoms with Crippen molar-refractivity contribution in [2.45, 2.75) is 89.6 Å². The number of alkyl halides is 6.